The number of amides is 1. The molecule has 0 aliphatic carbocycles. The maximum atomic E-state index is 12.0. The van der Waals surface area contributed by atoms with Crippen LogP contribution in [0.25, 0.3) is 11.5 Å². The highest BCUT2D eigenvalue weighted by atomic mass is 32.1. The number of hydrogen-bond donors (Lipinski definition) is 1. The molecule has 0 fully saturated rings. The summed E-state index contributed by atoms with van der Waals surface area (Å²) in [5, 5.41) is 15.8. The Morgan fingerprint density at radius 3 is 2.91 bits per heavy atom. The molecule has 23 heavy (non-hydrogen) atoms. The maximum absolute atomic E-state index is 12.0. The lowest BCUT2D eigenvalue weighted by Crippen LogP contribution is -2.29. The highest BCUT2D eigenvalue weighted by Gasteiger charge is 2.11. The van der Waals surface area contributed by atoms with Crippen LogP contribution in [0.5, 0.6) is 0 Å². The number of aryl methyl sites for hydroxylation is 1. The smallest absolute Gasteiger partial charge is 0.267 e. The van der Waals surface area contributed by atoms with E-state index < -0.39 is 5.91 Å². The van der Waals surface area contributed by atoms with Gasteiger partial charge in [-0.15, -0.1) is 10.2 Å². The van der Waals surface area contributed by atoms with Crippen LogP contribution in [0.15, 0.2) is 39.7 Å². The number of carbonyl (C=O) groups is 1. The molecule has 9 heteroatoms. The Morgan fingerprint density at radius 1 is 1.35 bits per heavy atom. The van der Waals surface area contributed by atoms with Gasteiger partial charge in [-0.3, -0.25) is 14.9 Å². The minimum atomic E-state index is -0.394. The van der Waals surface area contributed by atoms with Gasteiger partial charge in [-0.1, -0.05) is 18.3 Å². The van der Waals surface area contributed by atoms with E-state index in [9.17, 15) is 9.59 Å². The van der Waals surface area contributed by atoms with Gasteiger partial charge in [0.25, 0.3) is 5.56 Å². The van der Waals surface area contributed by atoms with Crippen molar-refractivity contribution in [2.24, 2.45) is 0 Å². The van der Waals surface area contributed by atoms with Gasteiger partial charge >= 0.3 is 0 Å². The van der Waals surface area contributed by atoms with Crippen LogP contribution in [0, 0.1) is 0 Å². The number of nitrogens with one attached hydrogen (secondary N) is 1. The highest BCUT2D eigenvalue weighted by Crippen LogP contribution is 2.16. The molecule has 118 valence electrons. The van der Waals surface area contributed by atoms with E-state index in [-0.39, 0.29) is 12.1 Å². The number of nitrogens with zero attached hydrogens (tertiary/aromatic N) is 4. The van der Waals surface area contributed by atoms with E-state index in [1.54, 1.807) is 18.2 Å². The molecule has 3 aromatic rings. The Morgan fingerprint density at radius 2 is 2.22 bits per heavy atom. The molecule has 0 atom stereocenters. The van der Waals surface area contributed by atoms with Gasteiger partial charge in [0.05, 0.1) is 6.26 Å². The molecule has 0 aromatic carbocycles. The average Bonchev–Trinajstić information content (AvgIpc) is 3.20. The summed E-state index contributed by atoms with van der Waals surface area (Å²) in [6, 6.07) is 6.34. The second-order valence-corrected chi connectivity index (χ2v) is 5.66. The molecular formula is C14H13N5O3S. The Kier molecular flexibility index (Phi) is 4.29. The second kappa shape index (κ2) is 6.53. The summed E-state index contributed by atoms with van der Waals surface area (Å²) in [6.07, 6.45) is 2.26. The van der Waals surface area contributed by atoms with Crippen LogP contribution in [0.2, 0.25) is 0 Å². The summed E-state index contributed by atoms with van der Waals surface area (Å²) in [5.74, 6) is 0.130. The SMILES string of the molecule is CCc1nnc(NC(=O)Cn2nc(-c3ccco3)ccc2=O)s1. The summed E-state index contributed by atoms with van der Waals surface area (Å²) >= 11 is 1.30. The monoisotopic (exact) mass is 331 g/mol. The molecule has 0 saturated carbocycles. The van der Waals surface area contributed by atoms with Crippen molar-refractivity contribution < 1.29 is 9.21 Å². The van der Waals surface area contributed by atoms with Crippen molar-refractivity contribution in [3.63, 3.8) is 0 Å². The Hall–Kier alpha value is -2.81. The Labute approximate surface area is 134 Å². The van der Waals surface area contributed by atoms with Gasteiger partial charge < -0.3 is 4.42 Å². The zero-order chi connectivity index (χ0) is 16.2. The summed E-state index contributed by atoms with van der Waals surface area (Å²) in [4.78, 5) is 23.9. The number of furan rings is 1. The lowest BCUT2D eigenvalue weighted by Gasteiger charge is -2.05. The average molecular weight is 331 g/mol. The molecule has 0 bridgehead atoms. The summed E-state index contributed by atoms with van der Waals surface area (Å²) in [6.45, 7) is 1.74. The van der Waals surface area contributed by atoms with E-state index in [1.807, 2.05) is 6.92 Å². The number of hydrogen-bond acceptors (Lipinski definition) is 7. The van der Waals surface area contributed by atoms with Gasteiger partial charge in [-0.05, 0) is 24.6 Å². The Bertz CT molecular complexity index is 869. The minimum absolute atomic E-state index is 0.214. The van der Waals surface area contributed by atoms with Gasteiger partial charge in [0.15, 0.2) is 5.76 Å². The van der Waals surface area contributed by atoms with Gasteiger partial charge in [0, 0.05) is 6.07 Å². The van der Waals surface area contributed by atoms with Crippen LogP contribution in [-0.2, 0) is 17.8 Å². The number of aromatic nitrogens is 4. The van der Waals surface area contributed by atoms with Gasteiger partial charge in [-0.25, -0.2) is 4.68 Å². The zero-order valence-corrected chi connectivity index (χ0v) is 13.0. The zero-order valence-electron chi connectivity index (χ0n) is 12.2. The topological polar surface area (TPSA) is 103 Å². The summed E-state index contributed by atoms with van der Waals surface area (Å²) in [5.41, 5.74) is 0.105. The van der Waals surface area contributed by atoms with Crippen LogP contribution in [-0.4, -0.2) is 25.9 Å². The van der Waals surface area contributed by atoms with Crippen molar-refractivity contribution in [2.45, 2.75) is 19.9 Å². The normalized spacial score (nSPS) is 10.7. The first-order valence-electron chi connectivity index (χ1n) is 6.90. The van der Waals surface area contributed by atoms with Crippen LogP contribution in [0.1, 0.15) is 11.9 Å². The standard InChI is InChI=1S/C14H13N5O3S/c1-2-12-16-17-14(23-12)15-11(20)8-19-13(21)6-5-9(18-19)10-4-3-7-22-10/h3-7H,2,8H2,1H3,(H,15,17,20). The molecule has 3 aromatic heterocycles. The van der Waals surface area contributed by atoms with E-state index in [1.165, 1.54) is 23.7 Å². The number of carbonyl (C=O) groups excluding carboxylic acids is 1. The third-order valence-corrected chi connectivity index (χ3v) is 3.93. The molecule has 1 amide bonds. The minimum Gasteiger partial charge on any atom is -0.463 e. The van der Waals surface area contributed by atoms with Crippen molar-refractivity contribution in [2.75, 3.05) is 5.32 Å². The van der Waals surface area contributed by atoms with Crippen molar-refractivity contribution in [1.29, 1.82) is 0 Å². The fraction of sp³-hybridized carbons (Fsp3) is 0.214. The van der Waals surface area contributed by atoms with E-state index in [0.29, 0.717) is 16.6 Å². The van der Waals surface area contributed by atoms with Crippen molar-refractivity contribution in [1.82, 2.24) is 20.0 Å². The maximum Gasteiger partial charge on any atom is 0.267 e. The molecule has 1 N–H and O–H groups in total. The quantitative estimate of drug-likeness (QED) is 0.761. The van der Waals surface area contributed by atoms with Crippen LogP contribution in [0.3, 0.4) is 0 Å². The lowest BCUT2D eigenvalue weighted by molar-refractivity contribution is -0.117. The predicted octanol–water partition coefficient (Wildman–Crippen LogP) is 1.56. The predicted molar refractivity (Wildman–Crippen MR) is 84.1 cm³/mol. The van der Waals surface area contributed by atoms with Gasteiger partial charge in [0.1, 0.15) is 17.2 Å². The summed E-state index contributed by atoms with van der Waals surface area (Å²) < 4.78 is 6.31. The molecule has 0 spiro atoms. The van der Waals surface area contributed by atoms with E-state index in [4.69, 9.17) is 4.42 Å². The van der Waals surface area contributed by atoms with Crippen molar-refractivity contribution >= 4 is 22.4 Å². The molecule has 8 nitrogen and oxygen atoms in total. The molecule has 0 radical (unpaired) electrons. The van der Waals surface area contributed by atoms with E-state index in [2.05, 4.69) is 20.6 Å². The fourth-order valence-electron chi connectivity index (χ4n) is 1.86. The van der Waals surface area contributed by atoms with E-state index >= 15 is 0 Å². The largest absolute Gasteiger partial charge is 0.463 e. The van der Waals surface area contributed by atoms with Crippen LogP contribution >= 0.6 is 11.3 Å². The first-order valence-corrected chi connectivity index (χ1v) is 7.71. The fourth-order valence-corrected chi connectivity index (χ4v) is 2.56. The first-order chi connectivity index (χ1) is 11.2. The molecule has 0 aliphatic heterocycles. The molecule has 0 unspecified atom stereocenters. The van der Waals surface area contributed by atoms with Crippen LogP contribution < -0.4 is 10.9 Å². The molecule has 0 saturated heterocycles. The first kappa shape index (κ1) is 15.1. The highest BCUT2D eigenvalue weighted by molar-refractivity contribution is 7.15. The summed E-state index contributed by atoms with van der Waals surface area (Å²) in [7, 11) is 0. The number of anilines is 1. The molecular weight excluding hydrogens is 318 g/mol. The molecule has 3 rings (SSSR count). The molecule has 3 heterocycles. The third-order valence-electron chi connectivity index (χ3n) is 2.95. The van der Waals surface area contributed by atoms with Crippen LogP contribution in [0.4, 0.5) is 5.13 Å². The van der Waals surface area contributed by atoms with Crippen molar-refractivity contribution in [3.05, 3.63) is 45.9 Å². The lowest BCUT2D eigenvalue weighted by atomic mass is 10.3. The van der Waals surface area contributed by atoms with Gasteiger partial charge in [0.2, 0.25) is 11.0 Å². The third kappa shape index (κ3) is 3.51. The van der Waals surface area contributed by atoms with E-state index in [0.717, 1.165) is 16.1 Å². The van der Waals surface area contributed by atoms with Gasteiger partial charge in [-0.2, -0.15) is 5.10 Å². The second-order valence-electron chi connectivity index (χ2n) is 4.59. The number of rotatable bonds is 5. The van der Waals surface area contributed by atoms with Crippen molar-refractivity contribution in [3.8, 4) is 11.5 Å². The molecule has 0 aliphatic rings. The Balaban J connectivity index is 1.75.